The lowest BCUT2D eigenvalue weighted by molar-refractivity contribution is -0.385. The Morgan fingerprint density at radius 2 is 2.00 bits per heavy atom. The van der Waals surface area contributed by atoms with Crippen LogP contribution < -0.4 is 5.32 Å². The molecule has 0 unspecified atom stereocenters. The lowest BCUT2D eigenvalue weighted by Gasteiger charge is -2.08. The molecule has 0 saturated carbocycles. The summed E-state index contributed by atoms with van der Waals surface area (Å²) in [7, 11) is 0. The predicted molar refractivity (Wildman–Crippen MR) is 81.6 cm³/mol. The molecule has 0 radical (unpaired) electrons. The van der Waals surface area contributed by atoms with Gasteiger partial charge in [0.05, 0.1) is 21.1 Å². The number of hydrogen-bond acceptors (Lipinski definition) is 4. The van der Waals surface area contributed by atoms with Gasteiger partial charge in [-0.2, -0.15) is 5.26 Å². The highest BCUT2D eigenvalue weighted by molar-refractivity contribution is 6.32. The number of nitro benzene ring substituents is 1. The number of anilines is 1. The molecule has 0 aliphatic heterocycles. The molecule has 0 amide bonds. The largest absolute Gasteiger partial charge is 0.381 e. The van der Waals surface area contributed by atoms with Crippen molar-refractivity contribution >= 4 is 34.6 Å². The molecule has 0 bridgehead atoms. The Labute approximate surface area is 130 Å². The van der Waals surface area contributed by atoms with Gasteiger partial charge in [0.25, 0.3) is 5.69 Å². The summed E-state index contributed by atoms with van der Waals surface area (Å²) in [6, 6.07) is 11.2. The van der Waals surface area contributed by atoms with E-state index in [1.54, 1.807) is 18.2 Å². The Kier molecular flexibility index (Phi) is 4.63. The molecule has 2 aromatic carbocycles. The number of nitriles is 1. The Balaban J connectivity index is 2.20. The Bertz CT molecular complexity index is 741. The fourth-order valence-electron chi connectivity index (χ4n) is 1.79. The van der Waals surface area contributed by atoms with Crippen LogP contribution in [-0.4, -0.2) is 4.92 Å². The standard InChI is InChI=1S/C14H9Cl2N3O2/c15-11-2-4-14(19(20)21)10(5-11)8-18-12-3-1-9(7-17)13(16)6-12/h1-6,18H,8H2. The predicted octanol–water partition coefficient (Wildman–Crippen LogP) is 4.39. The topological polar surface area (TPSA) is 79.0 Å². The van der Waals surface area contributed by atoms with Crippen LogP contribution in [0.5, 0.6) is 0 Å². The summed E-state index contributed by atoms with van der Waals surface area (Å²) in [6.07, 6.45) is 0. The first kappa shape index (κ1) is 15.1. The molecule has 0 aliphatic rings. The van der Waals surface area contributed by atoms with Gasteiger partial charge in [-0.1, -0.05) is 23.2 Å². The lowest BCUT2D eigenvalue weighted by atomic mass is 10.1. The van der Waals surface area contributed by atoms with E-state index in [2.05, 4.69) is 5.32 Å². The number of hydrogen-bond donors (Lipinski definition) is 1. The van der Waals surface area contributed by atoms with Gasteiger partial charge in [0.1, 0.15) is 6.07 Å². The van der Waals surface area contributed by atoms with E-state index < -0.39 is 4.92 Å². The molecular formula is C14H9Cl2N3O2. The maximum Gasteiger partial charge on any atom is 0.274 e. The SMILES string of the molecule is N#Cc1ccc(NCc2cc(Cl)ccc2[N+](=O)[O-])cc1Cl. The zero-order valence-electron chi connectivity index (χ0n) is 10.6. The first-order chi connectivity index (χ1) is 10.0. The highest BCUT2D eigenvalue weighted by atomic mass is 35.5. The fourth-order valence-corrected chi connectivity index (χ4v) is 2.20. The van der Waals surface area contributed by atoms with Crippen molar-refractivity contribution in [3.8, 4) is 6.07 Å². The van der Waals surface area contributed by atoms with Gasteiger partial charge in [-0.15, -0.1) is 0 Å². The van der Waals surface area contributed by atoms with Gasteiger partial charge in [-0.25, -0.2) is 0 Å². The Morgan fingerprint density at radius 3 is 2.62 bits per heavy atom. The Morgan fingerprint density at radius 1 is 1.24 bits per heavy atom. The molecule has 0 atom stereocenters. The van der Waals surface area contributed by atoms with Gasteiger partial charge in [0, 0.05) is 23.3 Å². The average molecular weight is 322 g/mol. The molecule has 5 nitrogen and oxygen atoms in total. The van der Waals surface area contributed by atoms with Crippen molar-refractivity contribution in [3.63, 3.8) is 0 Å². The van der Waals surface area contributed by atoms with E-state index in [0.29, 0.717) is 26.9 Å². The van der Waals surface area contributed by atoms with Crippen LogP contribution in [0.1, 0.15) is 11.1 Å². The number of rotatable bonds is 4. The summed E-state index contributed by atoms with van der Waals surface area (Å²) < 4.78 is 0. The molecule has 7 heteroatoms. The van der Waals surface area contributed by atoms with Crippen molar-refractivity contribution in [2.75, 3.05) is 5.32 Å². The monoisotopic (exact) mass is 321 g/mol. The molecule has 0 fully saturated rings. The zero-order chi connectivity index (χ0) is 15.4. The first-order valence-electron chi connectivity index (χ1n) is 5.87. The van der Waals surface area contributed by atoms with Crippen LogP contribution in [0.15, 0.2) is 36.4 Å². The maximum atomic E-state index is 11.0. The van der Waals surface area contributed by atoms with E-state index in [0.717, 1.165) is 0 Å². The minimum atomic E-state index is -0.459. The van der Waals surface area contributed by atoms with Gasteiger partial charge in [-0.3, -0.25) is 10.1 Å². The van der Waals surface area contributed by atoms with Crippen molar-refractivity contribution in [1.82, 2.24) is 0 Å². The molecule has 106 valence electrons. The summed E-state index contributed by atoms with van der Waals surface area (Å²) in [6.45, 7) is 0.221. The van der Waals surface area contributed by atoms with Crippen LogP contribution in [0.4, 0.5) is 11.4 Å². The third-order valence-corrected chi connectivity index (χ3v) is 3.36. The Hall–Kier alpha value is -2.29. The normalized spacial score (nSPS) is 9.95. The van der Waals surface area contributed by atoms with Crippen molar-refractivity contribution in [2.24, 2.45) is 0 Å². The average Bonchev–Trinajstić information content (AvgIpc) is 2.45. The van der Waals surface area contributed by atoms with Crippen molar-refractivity contribution < 1.29 is 4.92 Å². The minimum Gasteiger partial charge on any atom is -0.381 e. The smallest absolute Gasteiger partial charge is 0.274 e. The van der Waals surface area contributed by atoms with E-state index in [4.69, 9.17) is 28.5 Å². The van der Waals surface area contributed by atoms with E-state index >= 15 is 0 Å². The van der Waals surface area contributed by atoms with Gasteiger partial charge in [0.2, 0.25) is 0 Å². The third kappa shape index (κ3) is 3.63. The molecule has 0 spiro atoms. The number of nitrogens with one attached hydrogen (secondary N) is 1. The molecule has 2 rings (SSSR count). The first-order valence-corrected chi connectivity index (χ1v) is 6.63. The van der Waals surface area contributed by atoms with Crippen molar-refractivity contribution in [2.45, 2.75) is 6.54 Å². The van der Waals surface area contributed by atoms with Gasteiger partial charge >= 0.3 is 0 Å². The van der Waals surface area contributed by atoms with E-state index in [1.807, 2.05) is 6.07 Å². The van der Waals surface area contributed by atoms with E-state index in [1.165, 1.54) is 18.2 Å². The number of nitrogens with zero attached hydrogens (tertiary/aromatic N) is 2. The van der Waals surface area contributed by atoms with Gasteiger partial charge in [0.15, 0.2) is 0 Å². The van der Waals surface area contributed by atoms with Crippen molar-refractivity contribution in [3.05, 3.63) is 67.7 Å². The molecular weight excluding hydrogens is 313 g/mol. The number of nitro groups is 1. The summed E-state index contributed by atoms with van der Waals surface area (Å²) in [5.74, 6) is 0. The van der Waals surface area contributed by atoms with Crippen LogP contribution in [-0.2, 0) is 6.54 Å². The molecule has 2 aromatic rings. The lowest BCUT2D eigenvalue weighted by Crippen LogP contribution is -2.03. The summed E-state index contributed by atoms with van der Waals surface area (Å²) >= 11 is 11.8. The quantitative estimate of drug-likeness (QED) is 0.669. The van der Waals surface area contributed by atoms with Crippen LogP contribution >= 0.6 is 23.2 Å². The number of benzene rings is 2. The minimum absolute atomic E-state index is 0.00774. The second-order valence-corrected chi connectivity index (χ2v) is 5.03. The van der Waals surface area contributed by atoms with Crippen molar-refractivity contribution in [1.29, 1.82) is 5.26 Å². The van der Waals surface area contributed by atoms with Crippen LogP contribution in [0.2, 0.25) is 10.0 Å². The van der Waals surface area contributed by atoms with Crippen LogP contribution in [0.25, 0.3) is 0 Å². The molecule has 21 heavy (non-hydrogen) atoms. The summed E-state index contributed by atoms with van der Waals surface area (Å²) in [5.41, 5.74) is 1.49. The highest BCUT2D eigenvalue weighted by Gasteiger charge is 2.13. The number of halogens is 2. The third-order valence-electron chi connectivity index (χ3n) is 2.81. The van der Waals surface area contributed by atoms with Crippen LogP contribution in [0, 0.1) is 21.4 Å². The van der Waals surface area contributed by atoms with Gasteiger partial charge < -0.3 is 5.32 Å². The highest BCUT2D eigenvalue weighted by Crippen LogP contribution is 2.25. The van der Waals surface area contributed by atoms with E-state index in [-0.39, 0.29) is 12.2 Å². The maximum absolute atomic E-state index is 11.0. The fraction of sp³-hybridized carbons (Fsp3) is 0.0714. The molecule has 0 heterocycles. The summed E-state index contributed by atoms with van der Waals surface area (Å²) in [4.78, 5) is 10.5. The zero-order valence-corrected chi connectivity index (χ0v) is 12.1. The second kappa shape index (κ2) is 6.44. The molecule has 0 saturated heterocycles. The van der Waals surface area contributed by atoms with Gasteiger partial charge in [-0.05, 0) is 30.3 Å². The summed E-state index contributed by atoms with van der Waals surface area (Å²) in [5, 5.41) is 23.5. The van der Waals surface area contributed by atoms with Crippen LogP contribution in [0.3, 0.4) is 0 Å². The van der Waals surface area contributed by atoms with E-state index in [9.17, 15) is 10.1 Å². The second-order valence-electron chi connectivity index (χ2n) is 4.19. The molecule has 0 aliphatic carbocycles. The molecule has 0 aromatic heterocycles. The molecule has 1 N–H and O–H groups in total.